The standard InChI is InChI=1S/C27H31NOS.C4H10O.CH2O/c1-6-14-30-28-17-21-15-22(29-5)12-13-24(21)26-16-25(20-10-8-18(3)9-11-20)23(7-2)19(4)27(26)28;1-4(2,3)5;1-2/h8-13,15-16H,6-7,14,17H2,1-5H3;5H,1-3H3;1H2. The normalized spacial score (nSPS) is 11.9. The number of anilines is 1. The molecule has 0 spiro atoms. The van der Waals surface area contributed by atoms with Crippen LogP contribution in [0.15, 0.2) is 48.5 Å². The van der Waals surface area contributed by atoms with Crippen molar-refractivity contribution in [1.29, 1.82) is 0 Å². The molecule has 3 aromatic rings. The Kier molecular flexibility index (Phi) is 11.3. The van der Waals surface area contributed by atoms with Crippen LogP contribution in [-0.2, 0) is 17.8 Å². The zero-order valence-electron chi connectivity index (χ0n) is 23.8. The summed E-state index contributed by atoms with van der Waals surface area (Å²) in [5, 5.41) is 8.52. The minimum atomic E-state index is -0.500. The monoisotopic (exact) mass is 521 g/mol. The summed E-state index contributed by atoms with van der Waals surface area (Å²) in [7, 11) is 1.75. The summed E-state index contributed by atoms with van der Waals surface area (Å²) in [5.41, 5.74) is 11.7. The second kappa shape index (κ2) is 13.7. The topological polar surface area (TPSA) is 49.8 Å². The summed E-state index contributed by atoms with van der Waals surface area (Å²) in [6.45, 7) is 17.1. The van der Waals surface area contributed by atoms with Gasteiger partial charge in [-0.3, -0.25) is 0 Å². The number of rotatable bonds is 6. The van der Waals surface area contributed by atoms with Crippen LogP contribution in [0.1, 0.15) is 63.3 Å². The van der Waals surface area contributed by atoms with Crippen molar-refractivity contribution in [2.24, 2.45) is 0 Å². The maximum atomic E-state index is 8.52. The predicted octanol–water partition coefficient (Wildman–Crippen LogP) is 8.18. The molecule has 200 valence electrons. The predicted molar refractivity (Wildman–Crippen MR) is 161 cm³/mol. The lowest BCUT2D eigenvalue weighted by Crippen LogP contribution is -2.22. The maximum absolute atomic E-state index is 8.52. The number of aryl methyl sites for hydroxylation is 1. The number of aliphatic hydroxyl groups is 1. The van der Waals surface area contributed by atoms with Crippen molar-refractivity contribution in [3.8, 4) is 28.0 Å². The molecule has 0 unspecified atom stereocenters. The molecule has 0 atom stereocenters. The highest BCUT2D eigenvalue weighted by Crippen LogP contribution is 2.48. The number of carbonyl (C=O) groups is 1. The van der Waals surface area contributed by atoms with E-state index in [0.29, 0.717) is 0 Å². The van der Waals surface area contributed by atoms with Crippen molar-refractivity contribution < 1.29 is 14.6 Å². The van der Waals surface area contributed by atoms with Gasteiger partial charge in [0.1, 0.15) is 12.5 Å². The van der Waals surface area contributed by atoms with Crippen LogP contribution >= 0.6 is 11.9 Å². The fraction of sp³-hybridized carbons (Fsp3) is 0.406. The zero-order valence-corrected chi connectivity index (χ0v) is 24.6. The van der Waals surface area contributed by atoms with Gasteiger partial charge in [0, 0.05) is 11.3 Å². The van der Waals surface area contributed by atoms with Gasteiger partial charge in [-0.15, -0.1) is 0 Å². The summed E-state index contributed by atoms with van der Waals surface area (Å²) in [5.74, 6) is 2.05. The molecule has 0 amide bonds. The lowest BCUT2D eigenvalue weighted by Gasteiger charge is -2.35. The average molecular weight is 522 g/mol. The summed E-state index contributed by atoms with van der Waals surface area (Å²) in [4.78, 5) is 8.00. The molecule has 3 aromatic carbocycles. The third kappa shape index (κ3) is 7.86. The second-order valence-electron chi connectivity index (χ2n) is 10.2. The van der Waals surface area contributed by atoms with Gasteiger partial charge in [0.05, 0.1) is 24.9 Å². The molecule has 37 heavy (non-hydrogen) atoms. The highest BCUT2D eigenvalue weighted by molar-refractivity contribution is 8.00. The molecule has 1 N–H and O–H groups in total. The van der Waals surface area contributed by atoms with Crippen LogP contribution in [0.25, 0.3) is 22.3 Å². The molecule has 1 heterocycles. The summed E-state index contributed by atoms with van der Waals surface area (Å²) < 4.78 is 8.03. The first-order chi connectivity index (χ1) is 17.6. The highest BCUT2D eigenvalue weighted by atomic mass is 32.2. The largest absolute Gasteiger partial charge is 0.497 e. The van der Waals surface area contributed by atoms with E-state index in [4.69, 9.17) is 14.6 Å². The lowest BCUT2D eigenvalue weighted by molar-refractivity contribution is -0.0980. The fourth-order valence-electron chi connectivity index (χ4n) is 4.46. The van der Waals surface area contributed by atoms with Gasteiger partial charge in [0.25, 0.3) is 0 Å². The van der Waals surface area contributed by atoms with E-state index in [1.165, 1.54) is 56.6 Å². The molecule has 5 heteroatoms. The Labute approximate surface area is 228 Å². The fourth-order valence-corrected chi connectivity index (χ4v) is 5.45. The van der Waals surface area contributed by atoms with E-state index >= 15 is 0 Å². The SMILES string of the molecule is C=O.CC(C)(C)O.CCCSN1Cc2cc(OC)ccc2-c2cc(-c3ccc(C)cc3)c(CC)c(C)c21. The molecule has 0 fully saturated rings. The van der Waals surface area contributed by atoms with Gasteiger partial charge in [0.2, 0.25) is 0 Å². The molecule has 1 aliphatic heterocycles. The van der Waals surface area contributed by atoms with E-state index in [0.717, 1.165) is 24.5 Å². The van der Waals surface area contributed by atoms with E-state index < -0.39 is 5.60 Å². The number of hydrogen-bond donors (Lipinski definition) is 1. The van der Waals surface area contributed by atoms with E-state index in [2.05, 4.69) is 80.5 Å². The molecule has 0 saturated carbocycles. The second-order valence-corrected chi connectivity index (χ2v) is 11.3. The van der Waals surface area contributed by atoms with Crippen LogP contribution in [0.2, 0.25) is 0 Å². The molecule has 0 saturated heterocycles. The number of benzene rings is 3. The van der Waals surface area contributed by atoms with Crippen molar-refractivity contribution in [1.82, 2.24) is 0 Å². The maximum Gasteiger partial charge on any atom is 0.119 e. The first-order valence-corrected chi connectivity index (χ1v) is 13.8. The molecular weight excluding hydrogens is 478 g/mol. The van der Waals surface area contributed by atoms with Crippen LogP contribution < -0.4 is 9.04 Å². The van der Waals surface area contributed by atoms with Crippen molar-refractivity contribution >= 4 is 24.4 Å². The average Bonchev–Trinajstić information content (AvgIpc) is 2.87. The summed E-state index contributed by atoms with van der Waals surface area (Å²) in [6, 6.07) is 17.9. The minimum absolute atomic E-state index is 0.500. The van der Waals surface area contributed by atoms with Gasteiger partial charge >= 0.3 is 0 Å². The molecule has 0 aromatic heterocycles. The quantitative estimate of drug-likeness (QED) is 0.331. The van der Waals surface area contributed by atoms with E-state index in [-0.39, 0.29) is 0 Å². The summed E-state index contributed by atoms with van der Waals surface area (Å²) >= 11 is 1.95. The zero-order chi connectivity index (χ0) is 27.8. The number of carbonyl (C=O) groups excluding carboxylic acids is 1. The Hall–Kier alpha value is -2.76. The number of methoxy groups -OCH3 is 1. The first-order valence-electron chi connectivity index (χ1n) is 12.9. The van der Waals surface area contributed by atoms with E-state index in [1.807, 2.05) is 18.7 Å². The van der Waals surface area contributed by atoms with E-state index in [1.54, 1.807) is 27.9 Å². The number of ether oxygens (including phenoxy) is 1. The highest BCUT2D eigenvalue weighted by Gasteiger charge is 2.27. The first kappa shape index (κ1) is 30.5. The molecule has 1 aliphatic rings. The van der Waals surface area contributed by atoms with E-state index in [9.17, 15) is 0 Å². The molecule has 4 rings (SSSR count). The molecule has 0 aliphatic carbocycles. The van der Waals surface area contributed by atoms with Crippen molar-refractivity contribution in [3.05, 3.63) is 70.8 Å². The Morgan fingerprint density at radius 1 is 0.973 bits per heavy atom. The number of nitrogens with zero attached hydrogens (tertiary/aromatic N) is 1. The lowest BCUT2D eigenvalue weighted by atomic mass is 9.85. The number of hydrogen-bond acceptors (Lipinski definition) is 5. The van der Waals surface area contributed by atoms with Gasteiger partial charge in [-0.25, -0.2) is 0 Å². The van der Waals surface area contributed by atoms with Crippen LogP contribution in [0.5, 0.6) is 5.75 Å². The minimum Gasteiger partial charge on any atom is -0.497 e. The van der Waals surface area contributed by atoms with Crippen molar-refractivity contribution in [2.45, 2.75) is 73.5 Å². The Balaban J connectivity index is 0.000000617. The third-order valence-electron chi connectivity index (χ3n) is 6.01. The number of fused-ring (bicyclic) bond motifs is 3. The molecular formula is C32H43NO3S. The van der Waals surface area contributed by atoms with Gasteiger partial charge < -0.3 is 18.9 Å². The Bertz CT molecular complexity index is 1160. The van der Waals surface area contributed by atoms with Gasteiger partial charge in [-0.1, -0.05) is 49.7 Å². The molecule has 0 bridgehead atoms. The van der Waals surface area contributed by atoms with Crippen LogP contribution in [-0.4, -0.2) is 30.4 Å². The Morgan fingerprint density at radius 2 is 1.59 bits per heavy atom. The van der Waals surface area contributed by atoms with Gasteiger partial charge in [0.15, 0.2) is 0 Å². The van der Waals surface area contributed by atoms with Crippen LogP contribution in [0.3, 0.4) is 0 Å². The smallest absolute Gasteiger partial charge is 0.119 e. The molecule has 0 radical (unpaired) electrons. The molecule has 4 nitrogen and oxygen atoms in total. The Morgan fingerprint density at radius 3 is 2.14 bits per heavy atom. The summed E-state index contributed by atoms with van der Waals surface area (Å²) in [6.07, 6.45) is 2.20. The van der Waals surface area contributed by atoms with Crippen LogP contribution in [0, 0.1) is 13.8 Å². The van der Waals surface area contributed by atoms with Crippen molar-refractivity contribution in [3.63, 3.8) is 0 Å². The third-order valence-corrected chi connectivity index (χ3v) is 7.22. The van der Waals surface area contributed by atoms with Gasteiger partial charge in [-0.05, 0) is 111 Å². The van der Waals surface area contributed by atoms with Crippen molar-refractivity contribution in [2.75, 3.05) is 17.2 Å². The van der Waals surface area contributed by atoms with Crippen LogP contribution in [0.4, 0.5) is 5.69 Å². The van der Waals surface area contributed by atoms with Gasteiger partial charge in [-0.2, -0.15) is 0 Å².